The van der Waals surface area contributed by atoms with Crippen LogP contribution in [0.25, 0.3) is 0 Å². The SMILES string of the molecule is C[C@H](NC(=O)CCCc1cccs1)C(=O)NC1N=C(c2ccccc2)c2ccccc2N(CC(=O)c2ccccc2)C1=O. The van der Waals surface area contributed by atoms with Gasteiger partial charge in [-0.2, -0.15) is 0 Å². The van der Waals surface area contributed by atoms with Crippen LogP contribution in [0.15, 0.2) is 107 Å². The Morgan fingerprint density at radius 1 is 0.907 bits per heavy atom. The number of nitrogens with one attached hydrogen (secondary N) is 2. The highest BCUT2D eigenvalue weighted by Gasteiger charge is 2.35. The van der Waals surface area contributed by atoms with Crippen molar-refractivity contribution in [3.05, 3.63) is 124 Å². The minimum atomic E-state index is -1.32. The number of thiophene rings is 1. The number of para-hydroxylation sites is 1. The molecule has 5 rings (SSSR count). The average Bonchev–Trinajstić information content (AvgIpc) is 3.52. The summed E-state index contributed by atoms with van der Waals surface area (Å²) in [6.45, 7) is 1.33. The molecule has 9 heteroatoms. The third kappa shape index (κ3) is 7.31. The second-order valence-electron chi connectivity index (χ2n) is 10.2. The van der Waals surface area contributed by atoms with Gasteiger partial charge in [-0.25, -0.2) is 4.99 Å². The van der Waals surface area contributed by atoms with E-state index in [0.717, 1.165) is 12.0 Å². The lowest BCUT2D eigenvalue weighted by molar-refractivity contribution is -0.131. The molecular weight excluding hydrogens is 560 g/mol. The number of carbonyl (C=O) groups excluding carboxylic acids is 4. The zero-order valence-electron chi connectivity index (χ0n) is 23.7. The first-order valence-electron chi connectivity index (χ1n) is 14.1. The zero-order chi connectivity index (χ0) is 30.2. The number of fused-ring (bicyclic) bond motifs is 1. The van der Waals surface area contributed by atoms with E-state index in [1.807, 2.05) is 66.0 Å². The molecule has 2 N–H and O–H groups in total. The van der Waals surface area contributed by atoms with Gasteiger partial charge in [0, 0.05) is 28.0 Å². The van der Waals surface area contributed by atoms with Crippen LogP contribution in [0.2, 0.25) is 0 Å². The molecule has 0 saturated carbocycles. The first-order chi connectivity index (χ1) is 20.9. The number of ketones is 1. The summed E-state index contributed by atoms with van der Waals surface area (Å²) in [5.41, 5.74) is 2.91. The van der Waals surface area contributed by atoms with Crippen molar-refractivity contribution in [3.63, 3.8) is 0 Å². The van der Waals surface area contributed by atoms with Gasteiger partial charge in [0.2, 0.25) is 18.0 Å². The van der Waals surface area contributed by atoms with Gasteiger partial charge in [-0.15, -0.1) is 11.3 Å². The molecule has 43 heavy (non-hydrogen) atoms. The maximum Gasteiger partial charge on any atom is 0.272 e. The number of benzodiazepines with no additional fused rings is 1. The van der Waals surface area contributed by atoms with Crippen molar-refractivity contribution in [2.75, 3.05) is 11.4 Å². The maximum absolute atomic E-state index is 14.1. The van der Waals surface area contributed by atoms with E-state index in [9.17, 15) is 19.2 Å². The molecule has 0 saturated heterocycles. The van der Waals surface area contributed by atoms with Crippen LogP contribution in [-0.2, 0) is 20.8 Å². The van der Waals surface area contributed by atoms with Crippen molar-refractivity contribution in [1.29, 1.82) is 0 Å². The number of anilines is 1. The molecular formula is C34H32N4O4S. The first-order valence-corrected chi connectivity index (χ1v) is 15.0. The summed E-state index contributed by atoms with van der Waals surface area (Å²) in [7, 11) is 0. The molecule has 0 radical (unpaired) electrons. The van der Waals surface area contributed by atoms with E-state index in [2.05, 4.69) is 10.6 Å². The summed E-state index contributed by atoms with van der Waals surface area (Å²) >= 11 is 1.65. The number of carbonyl (C=O) groups is 4. The summed E-state index contributed by atoms with van der Waals surface area (Å²) in [6.07, 6.45) is 0.405. The molecule has 1 unspecified atom stereocenters. The van der Waals surface area contributed by atoms with Crippen molar-refractivity contribution >= 4 is 46.2 Å². The Morgan fingerprint density at radius 2 is 1.60 bits per heavy atom. The molecule has 1 aliphatic heterocycles. The maximum atomic E-state index is 14.1. The predicted molar refractivity (Wildman–Crippen MR) is 168 cm³/mol. The van der Waals surface area contributed by atoms with Crippen molar-refractivity contribution in [3.8, 4) is 0 Å². The quantitative estimate of drug-likeness (QED) is 0.244. The second kappa shape index (κ2) is 13.8. The number of amides is 3. The lowest BCUT2D eigenvalue weighted by atomic mass is 10.00. The number of nitrogens with zero attached hydrogens (tertiary/aromatic N) is 2. The minimum Gasteiger partial charge on any atom is -0.345 e. The monoisotopic (exact) mass is 592 g/mol. The van der Waals surface area contributed by atoms with E-state index in [1.54, 1.807) is 54.7 Å². The zero-order valence-corrected chi connectivity index (χ0v) is 24.6. The number of hydrogen-bond acceptors (Lipinski definition) is 6. The third-order valence-electron chi connectivity index (χ3n) is 7.11. The summed E-state index contributed by atoms with van der Waals surface area (Å²) < 4.78 is 0. The third-order valence-corrected chi connectivity index (χ3v) is 8.05. The van der Waals surface area contributed by atoms with Gasteiger partial charge in [0.05, 0.1) is 17.9 Å². The summed E-state index contributed by atoms with van der Waals surface area (Å²) in [4.78, 5) is 60.5. The van der Waals surface area contributed by atoms with Gasteiger partial charge >= 0.3 is 0 Å². The lowest BCUT2D eigenvalue weighted by Crippen LogP contribution is -2.53. The highest BCUT2D eigenvalue weighted by molar-refractivity contribution is 7.09. The molecule has 2 heterocycles. The molecule has 8 nitrogen and oxygen atoms in total. The van der Waals surface area contributed by atoms with Crippen molar-refractivity contribution in [2.24, 2.45) is 4.99 Å². The Morgan fingerprint density at radius 3 is 2.33 bits per heavy atom. The molecule has 1 aromatic heterocycles. The molecule has 2 atom stereocenters. The van der Waals surface area contributed by atoms with Crippen molar-refractivity contribution < 1.29 is 19.2 Å². The number of Topliss-reactive ketones (excluding diaryl/α,β-unsaturated/α-hetero) is 1. The second-order valence-corrected chi connectivity index (χ2v) is 11.2. The van der Waals surface area contributed by atoms with Crippen LogP contribution in [0.1, 0.15) is 46.1 Å². The topological polar surface area (TPSA) is 108 Å². The Labute approximate surface area is 254 Å². The molecule has 3 amide bonds. The summed E-state index contributed by atoms with van der Waals surface area (Å²) in [6, 6.07) is 28.5. The van der Waals surface area contributed by atoms with Gasteiger partial charge in [-0.1, -0.05) is 84.9 Å². The molecule has 0 bridgehead atoms. The molecule has 4 aromatic rings. The van der Waals surface area contributed by atoms with Crippen molar-refractivity contribution in [2.45, 2.75) is 38.4 Å². The Balaban J connectivity index is 1.38. The van der Waals surface area contributed by atoms with Gasteiger partial charge in [-0.3, -0.25) is 19.2 Å². The lowest BCUT2D eigenvalue weighted by Gasteiger charge is -2.25. The van der Waals surface area contributed by atoms with E-state index in [0.29, 0.717) is 28.9 Å². The minimum absolute atomic E-state index is 0.236. The number of rotatable bonds is 11. The first kappa shape index (κ1) is 29.6. The molecule has 3 aromatic carbocycles. The van der Waals surface area contributed by atoms with E-state index in [4.69, 9.17) is 4.99 Å². The van der Waals surface area contributed by atoms with Crippen molar-refractivity contribution in [1.82, 2.24) is 10.6 Å². The molecule has 0 aliphatic carbocycles. The highest BCUT2D eigenvalue weighted by atomic mass is 32.1. The smallest absolute Gasteiger partial charge is 0.272 e. The van der Waals surface area contributed by atoms with E-state index < -0.39 is 24.0 Å². The number of benzene rings is 3. The average molecular weight is 593 g/mol. The van der Waals surface area contributed by atoms with Crippen LogP contribution in [0.3, 0.4) is 0 Å². The molecule has 0 fully saturated rings. The Bertz CT molecular complexity index is 1620. The number of aryl methyl sites for hydroxylation is 1. The summed E-state index contributed by atoms with van der Waals surface area (Å²) in [5, 5.41) is 7.46. The number of aliphatic imine (C=N–C) groups is 1. The van der Waals surface area contributed by atoms with E-state index in [1.165, 1.54) is 9.78 Å². The van der Waals surface area contributed by atoms with Crippen LogP contribution in [0.5, 0.6) is 0 Å². The van der Waals surface area contributed by atoms with Gasteiger partial charge in [-0.05, 0) is 37.3 Å². The fraction of sp³-hybridized carbons (Fsp3) is 0.206. The molecule has 1 aliphatic rings. The van der Waals surface area contributed by atoms with Gasteiger partial charge in [0.1, 0.15) is 6.04 Å². The van der Waals surface area contributed by atoms with Crippen LogP contribution < -0.4 is 15.5 Å². The standard InChI is InChI=1S/C34H32N4O4S/c1-23(35-30(40)20-10-16-26-17-11-21-43-26)33(41)37-32-34(42)38(22-29(39)24-12-4-2-5-13-24)28-19-9-8-18-27(28)31(36-32)25-14-6-3-7-15-25/h2-9,11-15,17-19,21,23,32H,10,16,20,22H2,1H3,(H,35,40)(H,37,41)/t23-,32?/m0/s1. The largest absolute Gasteiger partial charge is 0.345 e. The normalized spacial score (nSPS) is 15.1. The Hall–Kier alpha value is -4.89. The Kier molecular flexibility index (Phi) is 9.53. The van der Waals surface area contributed by atoms with Crippen LogP contribution in [0.4, 0.5) is 5.69 Å². The number of hydrogen-bond donors (Lipinski definition) is 2. The predicted octanol–water partition coefficient (Wildman–Crippen LogP) is 4.78. The van der Waals surface area contributed by atoms with Gasteiger partial charge in [0.15, 0.2) is 5.78 Å². The highest BCUT2D eigenvalue weighted by Crippen LogP contribution is 2.28. The van der Waals surface area contributed by atoms with Gasteiger partial charge < -0.3 is 15.5 Å². The van der Waals surface area contributed by atoms with Crippen LogP contribution >= 0.6 is 11.3 Å². The van der Waals surface area contributed by atoms with Gasteiger partial charge in [0.25, 0.3) is 5.91 Å². The fourth-order valence-corrected chi connectivity index (χ4v) is 5.64. The van der Waals surface area contributed by atoms with Crippen LogP contribution in [-0.4, -0.2) is 48.0 Å². The molecule has 0 spiro atoms. The molecule has 218 valence electrons. The fourth-order valence-electron chi connectivity index (χ4n) is 4.89. The van der Waals surface area contributed by atoms with Crippen LogP contribution in [0, 0.1) is 0 Å². The van der Waals surface area contributed by atoms with E-state index in [-0.39, 0.29) is 24.7 Å². The van der Waals surface area contributed by atoms with E-state index >= 15 is 0 Å². The summed E-state index contributed by atoms with van der Waals surface area (Å²) in [5.74, 6) is -1.60.